The van der Waals surface area contributed by atoms with E-state index in [1.165, 1.54) is 19.2 Å². The first kappa shape index (κ1) is 31.7. The van der Waals surface area contributed by atoms with Crippen molar-refractivity contribution in [2.75, 3.05) is 33.4 Å². The highest BCUT2D eigenvalue weighted by molar-refractivity contribution is 7.89. The number of aromatic amines is 1. The number of fused-ring (bicyclic) bond motifs is 2. The minimum Gasteiger partial charge on any atom is -0.497 e. The molecule has 240 valence electrons. The summed E-state index contributed by atoms with van der Waals surface area (Å²) in [5.74, 6) is 0.663. The summed E-state index contributed by atoms with van der Waals surface area (Å²) in [5.41, 5.74) is 2.74. The number of amides is 1. The number of rotatable bonds is 13. The molecule has 0 aliphatic carbocycles. The summed E-state index contributed by atoms with van der Waals surface area (Å²) in [4.78, 5) is 21.2. The van der Waals surface area contributed by atoms with Crippen molar-refractivity contribution < 1.29 is 32.5 Å². The van der Waals surface area contributed by atoms with Crippen molar-refractivity contribution in [3.05, 3.63) is 101 Å². The monoisotopic (exact) mass is 662 g/mol. The van der Waals surface area contributed by atoms with Gasteiger partial charge in [0.25, 0.3) is 5.91 Å². The lowest BCUT2D eigenvalue weighted by atomic mass is 9.92. The standard InChI is InChI=1S/C33H34N4O7S2/c1-42-23-10-12-24(13-11-23)46(40,41)37(14-16-38)15-17-43-32-19-22(26-21-45-30-9-5-2-6-25(26)30)18-29(44-32)33(39)34-20-31-35-27-7-3-4-8-28(27)36-31/h2-13,18,21-22,32,38H,14-17,19-20H2,1H3,(H,34,39)(H,35,36)/t22-,32+/m0/s1. The Hall–Kier alpha value is -4.27. The Balaban J connectivity index is 1.17. The van der Waals surface area contributed by atoms with Crippen LogP contribution >= 0.6 is 11.3 Å². The molecule has 3 aromatic carbocycles. The minimum absolute atomic E-state index is 0.0228. The van der Waals surface area contributed by atoms with Gasteiger partial charge in [0.05, 0.1) is 42.8 Å². The smallest absolute Gasteiger partial charge is 0.286 e. The Bertz CT molecular complexity index is 1920. The topological polar surface area (TPSA) is 143 Å². The Morgan fingerprint density at radius 1 is 1.11 bits per heavy atom. The number of allylic oxidation sites excluding steroid dienone is 1. The summed E-state index contributed by atoms with van der Waals surface area (Å²) in [5, 5.41) is 15.7. The molecule has 0 unspecified atom stereocenters. The number of carbonyl (C=O) groups is 1. The van der Waals surface area contributed by atoms with E-state index < -0.39 is 22.2 Å². The summed E-state index contributed by atoms with van der Waals surface area (Å²) in [7, 11) is -2.41. The zero-order chi connectivity index (χ0) is 32.1. The fourth-order valence-corrected chi connectivity index (χ4v) is 7.85. The Morgan fingerprint density at radius 2 is 1.89 bits per heavy atom. The maximum Gasteiger partial charge on any atom is 0.286 e. The van der Waals surface area contributed by atoms with Crippen LogP contribution in [0.15, 0.2) is 94.9 Å². The molecule has 2 aromatic heterocycles. The minimum atomic E-state index is -3.92. The van der Waals surface area contributed by atoms with Crippen LogP contribution in [0, 0.1) is 0 Å². The van der Waals surface area contributed by atoms with Crippen molar-refractivity contribution in [2.24, 2.45) is 0 Å². The third-order valence-corrected chi connectivity index (χ3v) is 10.6. The maximum atomic E-state index is 13.4. The molecule has 1 aliphatic rings. The molecule has 6 rings (SSSR count). The molecule has 2 atom stereocenters. The van der Waals surface area contributed by atoms with Crippen LogP contribution in [0.1, 0.15) is 23.7 Å². The Morgan fingerprint density at radius 3 is 2.67 bits per heavy atom. The van der Waals surface area contributed by atoms with Crippen LogP contribution in [-0.2, 0) is 30.8 Å². The van der Waals surface area contributed by atoms with Gasteiger partial charge in [-0.15, -0.1) is 11.3 Å². The number of ether oxygens (including phenoxy) is 3. The number of aliphatic hydroxyl groups is 1. The molecular weight excluding hydrogens is 629 g/mol. The molecule has 5 aromatic rings. The molecule has 0 saturated carbocycles. The number of aromatic nitrogens is 2. The van der Waals surface area contributed by atoms with Gasteiger partial charge in [-0.05, 0) is 64.9 Å². The number of aliphatic hydroxyl groups excluding tert-OH is 1. The van der Waals surface area contributed by atoms with Crippen LogP contribution in [0.5, 0.6) is 5.75 Å². The number of hydrogen-bond donors (Lipinski definition) is 3. The number of nitrogens with zero attached hydrogens (tertiary/aromatic N) is 2. The lowest BCUT2D eigenvalue weighted by molar-refractivity contribution is -0.146. The average molecular weight is 663 g/mol. The number of sulfonamides is 1. The van der Waals surface area contributed by atoms with E-state index in [1.807, 2.05) is 42.5 Å². The second kappa shape index (κ2) is 14.0. The third kappa shape index (κ3) is 6.93. The zero-order valence-corrected chi connectivity index (χ0v) is 26.7. The molecule has 46 heavy (non-hydrogen) atoms. The molecule has 1 aliphatic heterocycles. The first-order chi connectivity index (χ1) is 22.4. The lowest BCUT2D eigenvalue weighted by Gasteiger charge is -2.30. The summed E-state index contributed by atoms with van der Waals surface area (Å²) < 4.78 is 46.2. The fourth-order valence-electron chi connectivity index (χ4n) is 5.41. The van der Waals surface area contributed by atoms with Crippen molar-refractivity contribution in [3.63, 3.8) is 0 Å². The first-order valence-electron chi connectivity index (χ1n) is 14.8. The maximum absolute atomic E-state index is 13.4. The van der Waals surface area contributed by atoms with E-state index in [1.54, 1.807) is 23.5 Å². The molecule has 0 saturated heterocycles. The van der Waals surface area contributed by atoms with Crippen molar-refractivity contribution >= 4 is 48.4 Å². The second-order valence-electron chi connectivity index (χ2n) is 10.7. The van der Waals surface area contributed by atoms with Gasteiger partial charge in [0.15, 0.2) is 5.76 Å². The van der Waals surface area contributed by atoms with Crippen LogP contribution < -0.4 is 10.1 Å². The van der Waals surface area contributed by atoms with Crippen LogP contribution in [0.3, 0.4) is 0 Å². The second-order valence-corrected chi connectivity index (χ2v) is 13.5. The molecule has 0 fully saturated rings. The molecule has 3 N–H and O–H groups in total. The van der Waals surface area contributed by atoms with Gasteiger partial charge in [0.2, 0.25) is 16.3 Å². The van der Waals surface area contributed by atoms with Gasteiger partial charge in [-0.1, -0.05) is 30.3 Å². The van der Waals surface area contributed by atoms with Gasteiger partial charge in [0, 0.05) is 30.1 Å². The van der Waals surface area contributed by atoms with Gasteiger partial charge in [-0.2, -0.15) is 4.31 Å². The largest absolute Gasteiger partial charge is 0.497 e. The van der Waals surface area contributed by atoms with Gasteiger partial charge < -0.3 is 29.6 Å². The van der Waals surface area contributed by atoms with E-state index >= 15 is 0 Å². The molecule has 13 heteroatoms. The molecule has 0 bridgehead atoms. The highest BCUT2D eigenvalue weighted by atomic mass is 32.2. The molecule has 0 radical (unpaired) electrons. The SMILES string of the molecule is COc1ccc(S(=O)(=O)N(CCO)CCO[C@H]2C[C@@H](c3csc4ccccc34)C=C(C(=O)NCc3nc4ccccc4[nH]3)O2)cc1. The predicted molar refractivity (Wildman–Crippen MR) is 175 cm³/mol. The van der Waals surface area contributed by atoms with Crippen molar-refractivity contribution in [1.82, 2.24) is 19.6 Å². The molecule has 0 spiro atoms. The van der Waals surface area contributed by atoms with E-state index in [2.05, 4.69) is 32.8 Å². The molecule has 1 amide bonds. The van der Waals surface area contributed by atoms with E-state index in [-0.39, 0.29) is 49.4 Å². The summed E-state index contributed by atoms with van der Waals surface area (Å²) in [6, 6.07) is 21.8. The summed E-state index contributed by atoms with van der Waals surface area (Å²) >= 11 is 1.63. The van der Waals surface area contributed by atoms with E-state index in [0.717, 1.165) is 31.0 Å². The Labute approximate surface area is 270 Å². The van der Waals surface area contributed by atoms with Crippen LogP contribution in [0.25, 0.3) is 21.1 Å². The highest BCUT2D eigenvalue weighted by Gasteiger charge is 2.31. The number of benzene rings is 3. The number of imidazole rings is 1. The number of methoxy groups -OCH3 is 1. The van der Waals surface area contributed by atoms with Gasteiger partial charge in [-0.3, -0.25) is 4.79 Å². The van der Waals surface area contributed by atoms with E-state index in [4.69, 9.17) is 14.2 Å². The number of para-hydroxylation sites is 2. The van der Waals surface area contributed by atoms with Crippen LogP contribution in [-0.4, -0.2) is 73.4 Å². The molecule has 3 heterocycles. The number of carbonyl (C=O) groups excluding carboxylic acids is 1. The first-order valence-corrected chi connectivity index (χ1v) is 17.1. The summed E-state index contributed by atoms with van der Waals surface area (Å²) in [6.45, 7) is -0.350. The van der Waals surface area contributed by atoms with E-state index in [9.17, 15) is 18.3 Å². The van der Waals surface area contributed by atoms with Gasteiger partial charge >= 0.3 is 0 Å². The molecule has 11 nitrogen and oxygen atoms in total. The number of nitrogens with one attached hydrogen (secondary N) is 2. The fraction of sp³-hybridized carbons (Fsp3) is 0.273. The highest BCUT2D eigenvalue weighted by Crippen LogP contribution is 2.38. The molecular formula is C33H34N4O7S2. The van der Waals surface area contributed by atoms with Crippen LogP contribution in [0.2, 0.25) is 0 Å². The van der Waals surface area contributed by atoms with E-state index in [0.29, 0.717) is 18.0 Å². The zero-order valence-electron chi connectivity index (χ0n) is 25.1. The predicted octanol–water partition coefficient (Wildman–Crippen LogP) is 4.52. The number of H-pyrrole nitrogens is 1. The van der Waals surface area contributed by atoms with Gasteiger partial charge in [-0.25, -0.2) is 13.4 Å². The average Bonchev–Trinajstić information content (AvgIpc) is 3.71. The Kier molecular flexibility index (Phi) is 9.66. The summed E-state index contributed by atoms with van der Waals surface area (Å²) in [6.07, 6.45) is 1.42. The third-order valence-electron chi connectivity index (χ3n) is 7.74. The van der Waals surface area contributed by atoms with Gasteiger partial charge in [0.1, 0.15) is 11.6 Å². The van der Waals surface area contributed by atoms with Crippen molar-refractivity contribution in [3.8, 4) is 5.75 Å². The van der Waals surface area contributed by atoms with Crippen LogP contribution in [0.4, 0.5) is 0 Å². The van der Waals surface area contributed by atoms with Crippen molar-refractivity contribution in [1.29, 1.82) is 0 Å². The number of thiophene rings is 1. The quantitative estimate of drug-likeness (QED) is 0.167. The lowest BCUT2D eigenvalue weighted by Crippen LogP contribution is -2.38. The number of hydrogen-bond acceptors (Lipinski definition) is 9. The normalized spacial score (nSPS) is 16.8. The van der Waals surface area contributed by atoms with Crippen molar-refractivity contribution in [2.45, 2.75) is 30.1 Å².